The second-order valence-corrected chi connectivity index (χ2v) is 8.53. The van der Waals surface area contributed by atoms with Crippen molar-refractivity contribution in [3.8, 4) is 0 Å². The molecule has 0 aromatic heterocycles. The van der Waals surface area contributed by atoms with E-state index in [0.29, 0.717) is 11.7 Å². The Kier molecular flexibility index (Phi) is 6.48. The number of carbonyl (C=O) groups excluding carboxylic acids is 2. The average molecular weight is 430 g/mol. The van der Waals surface area contributed by atoms with E-state index in [1.54, 1.807) is 4.90 Å². The summed E-state index contributed by atoms with van der Waals surface area (Å²) in [7, 11) is 0. The summed E-state index contributed by atoms with van der Waals surface area (Å²) in [5, 5.41) is 3.00. The van der Waals surface area contributed by atoms with Gasteiger partial charge in [-0.15, -0.1) is 0 Å². The van der Waals surface area contributed by atoms with E-state index in [0.717, 1.165) is 22.5 Å². The van der Waals surface area contributed by atoms with E-state index in [1.807, 2.05) is 91.9 Å². The Morgan fingerprint density at radius 3 is 2.29 bits per heavy atom. The van der Waals surface area contributed by atoms with Crippen LogP contribution in [0.25, 0.3) is 0 Å². The van der Waals surface area contributed by atoms with Gasteiger partial charge in [0.2, 0.25) is 11.8 Å². The molecule has 1 aliphatic rings. The van der Waals surface area contributed by atoms with E-state index in [2.05, 4.69) is 5.32 Å². The predicted molar refractivity (Wildman–Crippen MR) is 126 cm³/mol. The first-order chi connectivity index (χ1) is 15.1. The van der Waals surface area contributed by atoms with Crippen LogP contribution in [-0.4, -0.2) is 27.1 Å². The minimum absolute atomic E-state index is 0.0937. The van der Waals surface area contributed by atoms with Gasteiger partial charge in [-0.1, -0.05) is 78.0 Å². The van der Waals surface area contributed by atoms with Crippen molar-refractivity contribution in [2.45, 2.75) is 25.1 Å². The quantitative estimate of drug-likeness (QED) is 0.589. The van der Waals surface area contributed by atoms with Crippen molar-refractivity contribution >= 4 is 40.1 Å². The fourth-order valence-electron chi connectivity index (χ4n) is 3.27. The number of carbonyl (C=O) groups is 2. The summed E-state index contributed by atoms with van der Waals surface area (Å²) in [5.41, 5.74) is 3.64. The maximum Gasteiger partial charge on any atom is 0.242 e. The maximum absolute atomic E-state index is 13.2. The van der Waals surface area contributed by atoms with Gasteiger partial charge in [-0.3, -0.25) is 14.5 Å². The van der Waals surface area contributed by atoms with Gasteiger partial charge in [0.05, 0.1) is 12.2 Å². The first-order valence-corrected chi connectivity index (χ1v) is 11.0. The lowest BCUT2D eigenvalue weighted by Crippen LogP contribution is -2.33. The number of rotatable bonds is 6. The number of aliphatic imine (C=N–C) groups is 1. The highest BCUT2D eigenvalue weighted by Crippen LogP contribution is 2.33. The molecule has 1 heterocycles. The second kappa shape index (κ2) is 9.62. The van der Waals surface area contributed by atoms with E-state index in [1.165, 1.54) is 11.8 Å². The molecule has 1 fully saturated rings. The Bertz CT molecular complexity index is 1080. The minimum atomic E-state index is -0.503. The molecule has 156 valence electrons. The topological polar surface area (TPSA) is 61.8 Å². The summed E-state index contributed by atoms with van der Waals surface area (Å²) >= 11 is 1.35. The van der Waals surface area contributed by atoms with E-state index >= 15 is 0 Å². The summed E-state index contributed by atoms with van der Waals surface area (Å²) in [4.78, 5) is 32.1. The summed E-state index contributed by atoms with van der Waals surface area (Å²) in [6, 6.07) is 27.0. The van der Waals surface area contributed by atoms with Crippen molar-refractivity contribution in [1.29, 1.82) is 0 Å². The molecule has 4 rings (SSSR count). The van der Waals surface area contributed by atoms with Gasteiger partial charge < -0.3 is 5.32 Å². The number of hydrogen-bond acceptors (Lipinski definition) is 4. The third-order valence-corrected chi connectivity index (χ3v) is 6.07. The number of para-hydroxylation sites is 1. The van der Waals surface area contributed by atoms with E-state index in [9.17, 15) is 9.59 Å². The minimum Gasteiger partial charge on any atom is -0.326 e. The van der Waals surface area contributed by atoms with Gasteiger partial charge in [0, 0.05) is 12.1 Å². The van der Waals surface area contributed by atoms with Crippen molar-refractivity contribution in [2.75, 3.05) is 5.32 Å². The highest BCUT2D eigenvalue weighted by molar-refractivity contribution is 8.15. The molecular formula is C25H23N3O2S. The zero-order valence-electron chi connectivity index (χ0n) is 17.2. The number of amides is 2. The standard InChI is InChI=1S/C25H23N3O2S/c1-18-12-14-21(15-13-18)26-23(29)16-22-24(30)28(17-19-8-4-2-5-9-19)25(31-22)27-20-10-6-3-7-11-20/h2-15,22H,16-17H2,1H3,(H,26,29)/t22-/m0/s1. The number of hydrogen-bond donors (Lipinski definition) is 1. The Hall–Kier alpha value is -3.38. The molecule has 0 bridgehead atoms. The number of nitrogens with zero attached hydrogens (tertiary/aromatic N) is 2. The zero-order chi connectivity index (χ0) is 21.6. The predicted octanol–water partition coefficient (Wildman–Crippen LogP) is 5.16. The van der Waals surface area contributed by atoms with Gasteiger partial charge in [-0.25, -0.2) is 4.99 Å². The Morgan fingerprint density at radius 1 is 0.968 bits per heavy atom. The van der Waals surface area contributed by atoms with Crippen LogP contribution in [0.15, 0.2) is 89.9 Å². The van der Waals surface area contributed by atoms with Gasteiger partial charge >= 0.3 is 0 Å². The molecule has 2 amide bonds. The number of amidine groups is 1. The first kappa shape index (κ1) is 20.9. The van der Waals surface area contributed by atoms with Crippen LogP contribution >= 0.6 is 11.8 Å². The molecular weight excluding hydrogens is 406 g/mol. The normalized spacial score (nSPS) is 17.2. The molecule has 1 aliphatic heterocycles. The van der Waals surface area contributed by atoms with Crippen LogP contribution in [0.5, 0.6) is 0 Å². The average Bonchev–Trinajstić information content (AvgIpc) is 3.05. The molecule has 0 spiro atoms. The fourth-order valence-corrected chi connectivity index (χ4v) is 4.42. The highest BCUT2D eigenvalue weighted by atomic mass is 32.2. The number of thioether (sulfide) groups is 1. The third-order valence-electron chi connectivity index (χ3n) is 4.89. The van der Waals surface area contributed by atoms with Gasteiger partial charge in [-0.05, 0) is 36.8 Å². The van der Waals surface area contributed by atoms with Crippen LogP contribution in [0.4, 0.5) is 11.4 Å². The van der Waals surface area contributed by atoms with Crippen LogP contribution in [0.1, 0.15) is 17.5 Å². The molecule has 1 N–H and O–H groups in total. The molecule has 0 saturated carbocycles. The van der Waals surface area contributed by atoms with Crippen molar-refractivity contribution in [3.63, 3.8) is 0 Å². The van der Waals surface area contributed by atoms with Crippen LogP contribution < -0.4 is 5.32 Å². The van der Waals surface area contributed by atoms with Crippen molar-refractivity contribution in [2.24, 2.45) is 4.99 Å². The largest absolute Gasteiger partial charge is 0.326 e. The molecule has 3 aromatic rings. The summed E-state index contributed by atoms with van der Waals surface area (Å²) in [6.45, 7) is 2.42. The van der Waals surface area contributed by atoms with Crippen molar-refractivity contribution in [3.05, 3.63) is 96.1 Å². The Labute approximate surface area is 186 Å². The molecule has 3 aromatic carbocycles. The van der Waals surface area contributed by atoms with Crippen molar-refractivity contribution < 1.29 is 9.59 Å². The van der Waals surface area contributed by atoms with Gasteiger partial charge in [0.1, 0.15) is 5.25 Å². The molecule has 0 unspecified atom stereocenters. The van der Waals surface area contributed by atoms with Crippen LogP contribution in [0.2, 0.25) is 0 Å². The Morgan fingerprint density at radius 2 is 1.61 bits per heavy atom. The van der Waals surface area contributed by atoms with E-state index in [4.69, 9.17) is 4.99 Å². The number of aryl methyl sites for hydroxylation is 1. The van der Waals surface area contributed by atoms with Crippen LogP contribution in [0, 0.1) is 6.92 Å². The fraction of sp³-hybridized carbons (Fsp3) is 0.160. The molecule has 0 radical (unpaired) electrons. The molecule has 6 heteroatoms. The lowest BCUT2D eigenvalue weighted by molar-refractivity contribution is -0.128. The second-order valence-electron chi connectivity index (χ2n) is 7.36. The lowest BCUT2D eigenvalue weighted by Gasteiger charge is -2.16. The maximum atomic E-state index is 13.2. The third kappa shape index (κ3) is 5.41. The molecule has 31 heavy (non-hydrogen) atoms. The zero-order valence-corrected chi connectivity index (χ0v) is 18.0. The van der Waals surface area contributed by atoms with Gasteiger partial charge in [-0.2, -0.15) is 0 Å². The van der Waals surface area contributed by atoms with Crippen molar-refractivity contribution in [1.82, 2.24) is 4.90 Å². The highest BCUT2D eigenvalue weighted by Gasteiger charge is 2.39. The van der Waals surface area contributed by atoms with Crippen LogP contribution in [0.3, 0.4) is 0 Å². The molecule has 1 atom stereocenters. The van der Waals surface area contributed by atoms with Gasteiger partial charge in [0.15, 0.2) is 5.17 Å². The monoisotopic (exact) mass is 429 g/mol. The number of nitrogens with one attached hydrogen (secondary N) is 1. The van der Waals surface area contributed by atoms with E-state index in [-0.39, 0.29) is 18.2 Å². The molecule has 1 saturated heterocycles. The molecule has 0 aliphatic carbocycles. The SMILES string of the molecule is Cc1ccc(NC(=O)C[C@@H]2SC(=Nc3ccccc3)N(Cc3ccccc3)C2=O)cc1. The summed E-state index contributed by atoms with van der Waals surface area (Å²) in [6.07, 6.45) is 0.0937. The van der Waals surface area contributed by atoms with Crippen LogP contribution in [-0.2, 0) is 16.1 Å². The number of anilines is 1. The Balaban J connectivity index is 1.52. The lowest BCUT2D eigenvalue weighted by atomic mass is 10.2. The smallest absolute Gasteiger partial charge is 0.242 e. The first-order valence-electron chi connectivity index (χ1n) is 10.1. The number of benzene rings is 3. The van der Waals surface area contributed by atoms with Gasteiger partial charge in [0.25, 0.3) is 0 Å². The summed E-state index contributed by atoms with van der Waals surface area (Å²) < 4.78 is 0. The summed E-state index contributed by atoms with van der Waals surface area (Å²) in [5.74, 6) is -0.280. The van der Waals surface area contributed by atoms with E-state index < -0.39 is 5.25 Å². The molecule has 5 nitrogen and oxygen atoms in total.